The summed E-state index contributed by atoms with van der Waals surface area (Å²) in [7, 11) is 0. The molecule has 1 aromatic heterocycles. The van der Waals surface area contributed by atoms with Crippen molar-refractivity contribution in [2.45, 2.75) is 31.9 Å². The molecule has 0 saturated carbocycles. The summed E-state index contributed by atoms with van der Waals surface area (Å²) in [5.74, 6) is 0.412. The third-order valence-corrected chi connectivity index (χ3v) is 4.11. The number of aromatic nitrogens is 2. The lowest BCUT2D eigenvalue weighted by molar-refractivity contribution is 0.0355. The Morgan fingerprint density at radius 3 is 2.81 bits per heavy atom. The highest BCUT2D eigenvalue weighted by molar-refractivity contribution is 7.07. The van der Waals surface area contributed by atoms with Crippen molar-refractivity contribution >= 4 is 17.4 Å². The molecule has 2 heterocycles. The number of hydrogen-bond donors (Lipinski definition) is 1. The van der Waals surface area contributed by atoms with E-state index in [2.05, 4.69) is 14.7 Å². The lowest BCUT2D eigenvalue weighted by Gasteiger charge is -2.15. The third kappa shape index (κ3) is 3.28. The fourth-order valence-corrected chi connectivity index (χ4v) is 2.99. The van der Waals surface area contributed by atoms with Gasteiger partial charge in [-0.2, -0.15) is 4.37 Å². The van der Waals surface area contributed by atoms with Gasteiger partial charge in [0.1, 0.15) is 0 Å². The molecule has 6 heteroatoms. The fourth-order valence-electron chi connectivity index (χ4n) is 2.40. The molecule has 1 atom stereocenters. The minimum absolute atomic E-state index is 0.0385. The monoisotopic (exact) mass is 303 g/mol. The van der Waals surface area contributed by atoms with Crippen LogP contribution < -0.4 is 5.32 Å². The molecule has 1 aromatic carbocycles. The van der Waals surface area contributed by atoms with E-state index in [1.165, 1.54) is 0 Å². The molecule has 0 aliphatic carbocycles. The molecule has 1 unspecified atom stereocenters. The number of amides is 1. The Balaban J connectivity index is 1.68. The summed E-state index contributed by atoms with van der Waals surface area (Å²) in [6.07, 6.45) is 0.809. The van der Waals surface area contributed by atoms with Crippen LogP contribution in [0.2, 0.25) is 0 Å². The summed E-state index contributed by atoms with van der Waals surface area (Å²) in [6, 6.07) is 9.68. The molecule has 0 bridgehead atoms. The molecule has 1 aliphatic rings. The number of ether oxygens (including phenoxy) is 1. The van der Waals surface area contributed by atoms with E-state index in [0.717, 1.165) is 23.5 Å². The van der Waals surface area contributed by atoms with Crippen molar-refractivity contribution < 1.29 is 9.53 Å². The Kier molecular flexibility index (Phi) is 3.73. The van der Waals surface area contributed by atoms with Crippen molar-refractivity contribution in [3.63, 3.8) is 0 Å². The molecular weight excluding hydrogens is 286 g/mol. The summed E-state index contributed by atoms with van der Waals surface area (Å²) in [5.41, 5.74) is 0.743. The van der Waals surface area contributed by atoms with E-state index in [1.54, 1.807) is 0 Å². The van der Waals surface area contributed by atoms with Gasteiger partial charge in [-0.05, 0) is 31.8 Å². The summed E-state index contributed by atoms with van der Waals surface area (Å²) in [5, 5.41) is 3.35. The van der Waals surface area contributed by atoms with Crippen molar-refractivity contribution in [2.75, 3.05) is 6.61 Å². The zero-order valence-electron chi connectivity index (χ0n) is 12.0. The predicted octanol–water partition coefficient (Wildman–Crippen LogP) is 2.50. The van der Waals surface area contributed by atoms with Gasteiger partial charge in [-0.25, -0.2) is 4.98 Å². The van der Waals surface area contributed by atoms with Crippen LogP contribution in [0.1, 0.15) is 30.1 Å². The Hall–Kier alpha value is -1.79. The first-order valence-electron chi connectivity index (χ1n) is 6.87. The second-order valence-corrected chi connectivity index (χ2v) is 6.49. The SMILES string of the molecule is CC1(C)CC(NC(=O)c2nc(-c3ccccc3)ns2)CO1. The predicted molar refractivity (Wildman–Crippen MR) is 81.2 cm³/mol. The van der Waals surface area contributed by atoms with Gasteiger partial charge in [0, 0.05) is 5.56 Å². The first-order valence-corrected chi connectivity index (χ1v) is 7.65. The zero-order valence-corrected chi connectivity index (χ0v) is 12.8. The van der Waals surface area contributed by atoms with E-state index in [4.69, 9.17) is 4.74 Å². The molecule has 110 valence electrons. The molecule has 1 aliphatic heterocycles. The number of hydrogen-bond acceptors (Lipinski definition) is 5. The standard InChI is InChI=1S/C15H17N3O2S/c1-15(2)8-11(9-20-15)16-13(19)14-17-12(18-21-14)10-6-4-3-5-7-10/h3-7,11H,8-9H2,1-2H3,(H,16,19). The Labute approximate surface area is 127 Å². The summed E-state index contributed by atoms with van der Waals surface area (Å²) >= 11 is 1.12. The quantitative estimate of drug-likeness (QED) is 0.946. The smallest absolute Gasteiger partial charge is 0.282 e. The number of rotatable bonds is 3. The van der Waals surface area contributed by atoms with Crippen molar-refractivity contribution in [1.82, 2.24) is 14.7 Å². The van der Waals surface area contributed by atoms with Gasteiger partial charge in [0.25, 0.3) is 5.91 Å². The normalized spacial score (nSPS) is 20.4. The maximum absolute atomic E-state index is 12.2. The van der Waals surface area contributed by atoms with Crippen LogP contribution in [0.4, 0.5) is 0 Å². The second kappa shape index (κ2) is 5.54. The van der Waals surface area contributed by atoms with E-state index in [9.17, 15) is 4.79 Å². The molecule has 21 heavy (non-hydrogen) atoms. The van der Waals surface area contributed by atoms with Crippen molar-refractivity contribution in [2.24, 2.45) is 0 Å². The Morgan fingerprint density at radius 1 is 1.38 bits per heavy atom. The first-order chi connectivity index (χ1) is 10.0. The van der Waals surface area contributed by atoms with E-state index >= 15 is 0 Å². The molecule has 1 fully saturated rings. The highest BCUT2D eigenvalue weighted by atomic mass is 32.1. The van der Waals surface area contributed by atoms with Crippen molar-refractivity contribution in [3.8, 4) is 11.4 Å². The van der Waals surface area contributed by atoms with Gasteiger partial charge >= 0.3 is 0 Å². The maximum atomic E-state index is 12.2. The number of carbonyl (C=O) groups is 1. The molecule has 1 amide bonds. The number of nitrogens with zero attached hydrogens (tertiary/aromatic N) is 2. The van der Waals surface area contributed by atoms with Crippen LogP contribution in [0.5, 0.6) is 0 Å². The van der Waals surface area contributed by atoms with E-state index in [1.807, 2.05) is 44.2 Å². The summed E-state index contributed by atoms with van der Waals surface area (Å²) in [6.45, 7) is 4.60. The zero-order chi connectivity index (χ0) is 14.9. The molecule has 0 spiro atoms. The van der Waals surface area contributed by atoms with Gasteiger partial charge in [0.2, 0.25) is 5.01 Å². The molecule has 3 rings (SSSR count). The van der Waals surface area contributed by atoms with Crippen LogP contribution in [-0.2, 0) is 4.74 Å². The topological polar surface area (TPSA) is 64.1 Å². The lowest BCUT2D eigenvalue weighted by Crippen LogP contribution is -2.35. The van der Waals surface area contributed by atoms with Crippen LogP contribution in [0.15, 0.2) is 30.3 Å². The fraction of sp³-hybridized carbons (Fsp3) is 0.400. The van der Waals surface area contributed by atoms with Gasteiger partial charge in [-0.1, -0.05) is 30.3 Å². The first kappa shape index (κ1) is 14.2. The van der Waals surface area contributed by atoms with Crippen LogP contribution >= 0.6 is 11.5 Å². The summed E-state index contributed by atoms with van der Waals surface area (Å²) < 4.78 is 9.87. The van der Waals surface area contributed by atoms with Crippen LogP contribution in [-0.4, -0.2) is 33.5 Å². The molecule has 2 aromatic rings. The van der Waals surface area contributed by atoms with E-state index in [0.29, 0.717) is 17.4 Å². The molecule has 0 radical (unpaired) electrons. The molecular formula is C15H17N3O2S. The number of nitrogens with one attached hydrogen (secondary N) is 1. The lowest BCUT2D eigenvalue weighted by atomic mass is 10.0. The Bertz CT molecular complexity index is 639. The Morgan fingerprint density at radius 2 is 2.14 bits per heavy atom. The second-order valence-electron chi connectivity index (χ2n) is 5.73. The van der Waals surface area contributed by atoms with Gasteiger partial charge in [0.05, 0.1) is 18.2 Å². The minimum atomic E-state index is -0.180. The number of carbonyl (C=O) groups excluding carboxylic acids is 1. The molecule has 1 saturated heterocycles. The van der Waals surface area contributed by atoms with Gasteiger partial charge in [-0.3, -0.25) is 4.79 Å². The average molecular weight is 303 g/mol. The van der Waals surface area contributed by atoms with Crippen LogP contribution in [0, 0.1) is 0 Å². The number of benzene rings is 1. The highest BCUT2D eigenvalue weighted by Gasteiger charge is 2.33. The highest BCUT2D eigenvalue weighted by Crippen LogP contribution is 2.25. The largest absolute Gasteiger partial charge is 0.373 e. The van der Waals surface area contributed by atoms with Crippen LogP contribution in [0.25, 0.3) is 11.4 Å². The van der Waals surface area contributed by atoms with Crippen LogP contribution in [0.3, 0.4) is 0 Å². The third-order valence-electron chi connectivity index (χ3n) is 3.40. The van der Waals surface area contributed by atoms with Gasteiger partial charge in [0.15, 0.2) is 5.82 Å². The maximum Gasteiger partial charge on any atom is 0.282 e. The molecule has 5 nitrogen and oxygen atoms in total. The van der Waals surface area contributed by atoms with Crippen molar-refractivity contribution in [1.29, 1.82) is 0 Å². The molecule has 1 N–H and O–H groups in total. The van der Waals surface area contributed by atoms with E-state index in [-0.39, 0.29) is 17.6 Å². The summed E-state index contributed by atoms with van der Waals surface area (Å²) in [4.78, 5) is 16.5. The van der Waals surface area contributed by atoms with Gasteiger partial charge < -0.3 is 10.1 Å². The average Bonchev–Trinajstić information content (AvgIpc) is 3.07. The van der Waals surface area contributed by atoms with Gasteiger partial charge in [-0.15, -0.1) is 0 Å². The van der Waals surface area contributed by atoms with Crippen molar-refractivity contribution in [3.05, 3.63) is 35.3 Å². The van der Waals surface area contributed by atoms with E-state index < -0.39 is 0 Å². The minimum Gasteiger partial charge on any atom is -0.373 e.